The lowest BCUT2D eigenvalue weighted by molar-refractivity contribution is 0.0950. The van der Waals surface area contributed by atoms with Crippen LogP contribution < -0.4 is 5.32 Å². The fourth-order valence-electron chi connectivity index (χ4n) is 2.18. The number of carbonyl (C=O) groups excluding carboxylic acids is 1. The molecule has 19 heavy (non-hydrogen) atoms. The van der Waals surface area contributed by atoms with Gasteiger partial charge in [-0.1, -0.05) is 0 Å². The first-order chi connectivity index (χ1) is 9.33. The van der Waals surface area contributed by atoms with Crippen LogP contribution in [0.3, 0.4) is 0 Å². The first-order valence-corrected chi connectivity index (χ1v) is 6.36. The van der Waals surface area contributed by atoms with Crippen molar-refractivity contribution in [1.29, 1.82) is 0 Å². The molecule has 1 atom stereocenters. The summed E-state index contributed by atoms with van der Waals surface area (Å²) in [6.07, 6.45) is 3.68. The van der Waals surface area contributed by atoms with Crippen molar-refractivity contribution in [3.63, 3.8) is 0 Å². The van der Waals surface area contributed by atoms with E-state index in [0.29, 0.717) is 23.7 Å². The lowest BCUT2D eigenvalue weighted by Gasteiger charge is -2.08. The Hall–Kier alpha value is -2.02. The maximum atomic E-state index is 12.0. The molecule has 1 aliphatic heterocycles. The Kier molecular flexibility index (Phi) is 3.37. The van der Waals surface area contributed by atoms with Gasteiger partial charge < -0.3 is 10.1 Å². The summed E-state index contributed by atoms with van der Waals surface area (Å²) in [5, 5.41) is 14.0. The Bertz CT molecular complexity index is 576. The molecule has 1 N–H and O–H groups in total. The molecule has 0 unspecified atom stereocenters. The van der Waals surface area contributed by atoms with E-state index in [1.165, 1.54) is 4.52 Å². The summed E-state index contributed by atoms with van der Waals surface area (Å²) in [4.78, 5) is 12.0. The van der Waals surface area contributed by atoms with E-state index in [2.05, 4.69) is 20.8 Å². The molecule has 0 bridgehead atoms. The highest BCUT2D eigenvalue weighted by atomic mass is 16.5. The standard InChI is InChI=1S/C12H15N5O2/c18-12(13-5-3-9-4-6-19-8-9)10-1-2-11-14-15-16-17(11)7-10/h1-2,7,9H,3-6,8H2,(H,13,18)/t9-/m0/s1. The average Bonchev–Trinajstić information content (AvgIpc) is 3.08. The molecule has 100 valence electrons. The molecular formula is C12H15N5O2. The van der Waals surface area contributed by atoms with E-state index < -0.39 is 0 Å². The monoisotopic (exact) mass is 261 g/mol. The van der Waals surface area contributed by atoms with Gasteiger partial charge in [-0.15, -0.1) is 5.10 Å². The third kappa shape index (κ3) is 2.70. The minimum atomic E-state index is -0.101. The number of nitrogens with one attached hydrogen (secondary N) is 1. The number of nitrogens with zero attached hydrogens (tertiary/aromatic N) is 4. The number of ether oxygens (including phenoxy) is 1. The van der Waals surface area contributed by atoms with Gasteiger partial charge in [-0.3, -0.25) is 4.79 Å². The Morgan fingerprint density at radius 1 is 1.53 bits per heavy atom. The number of amides is 1. The van der Waals surface area contributed by atoms with Crippen LogP contribution in [0.2, 0.25) is 0 Å². The number of tetrazole rings is 1. The van der Waals surface area contributed by atoms with E-state index >= 15 is 0 Å². The summed E-state index contributed by atoms with van der Waals surface area (Å²) < 4.78 is 6.79. The van der Waals surface area contributed by atoms with E-state index in [-0.39, 0.29) is 5.91 Å². The van der Waals surface area contributed by atoms with Crippen LogP contribution in [0.15, 0.2) is 18.3 Å². The highest BCUT2D eigenvalue weighted by Gasteiger charge is 2.15. The van der Waals surface area contributed by atoms with Gasteiger partial charge >= 0.3 is 0 Å². The lowest BCUT2D eigenvalue weighted by atomic mass is 10.1. The van der Waals surface area contributed by atoms with Crippen molar-refractivity contribution >= 4 is 11.6 Å². The third-order valence-corrected chi connectivity index (χ3v) is 3.32. The molecule has 3 rings (SSSR count). The topological polar surface area (TPSA) is 81.4 Å². The van der Waals surface area contributed by atoms with Crippen LogP contribution in [0.4, 0.5) is 0 Å². The molecule has 7 heteroatoms. The Morgan fingerprint density at radius 2 is 2.47 bits per heavy atom. The Morgan fingerprint density at radius 3 is 3.32 bits per heavy atom. The van der Waals surface area contributed by atoms with Gasteiger partial charge in [0.05, 0.1) is 5.56 Å². The number of fused-ring (bicyclic) bond motifs is 1. The van der Waals surface area contributed by atoms with Gasteiger partial charge in [0.25, 0.3) is 5.91 Å². The van der Waals surface area contributed by atoms with Gasteiger partial charge in [-0.25, -0.2) is 0 Å². The number of hydrogen-bond donors (Lipinski definition) is 1. The fourth-order valence-corrected chi connectivity index (χ4v) is 2.18. The number of pyridine rings is 1. The molecule has 1 aliphatic rings. The summed E-state index contributed by atoms with van der Waals surface area (Å²) in [6, 6.07) is 3.44. The van der Waals surface area contributed by atoms with Crippen LogP contribution >= 0.6 is 0 Å². The summed E-state index contributed by atoms with van der Waals surface area (Å²) >= 11 is 0. The van der Waals surface area contributed by atoms with Crippen LogP contribution in [0.5, 0.6) is 0 Å². The van der Waals surface area contributed by atoms with E-state index in [9.17, 15) is 4.79 Å². The highest BCUT2D eigenvalue weighted by Crippen LogP contribution is 2.15. The van der Waals surface area contributed by atoms with Crippen LogP contribution in [0.1, 0.15) is 23.2 Å². The van der Waals surface area contributed by atoms with Crippen LogP contribution in [0, 0.1) is 5.92 Å². The molecule has 2 aromatic heterocycles. The van der Waals surface area contributed by atoms with Gasteiger partial charge in [-0.2, -0.15) is 4.52 Å². The second kappa shape index (κ2) is 5.31. The summed E-state index contributed by atoms with van der Waals surface area (Å²) in [7, 11) is 0. The van der Waals surface area contributed by atoms with Crippen molar-refractivity contribution in [3.8, 4) is 0 Å². The predicted molar refractivity (Wildman–Crippen MR) is 66.7 cm³/mol. The van der Waals surface area contributed by atoms with Crippen molar-refractivity contribution in [2.75, 3.05) is 19.8 Å². The second-order valence-electron chi connectivity index (χ2n) is 4.67. The van der Waals surface area contributed by atoms with E-state index in [1.807, 2.05) is 0 Å². The largest absolute Gasteiger partial charge is 0.381 e. The normalized spacial score (nSPS) is 18.8. The van der Waals surface area contributed by atoms with Gasteiger partial charge in [-0.05, 0) is 41.3 Å². The van der Waals surface area contributed by atoms with E-state index in [1.54, 1.807) is 18.3 Å². The minimum absolute atomic E-state index is 0.101. The van der Waals surface area contributed by atoms with Crippen molar-refractivity contribution in [1.82, 2.24) is 25.4 Å². The molecule has 0 saturated carbocycles. The molecule has 3 heterocycles. The molecule has 1 fully saturated rings. The van der Waals surface area contributed by atoms with Crippen molar-refractivity contribution in [2.45, 2.75) is 12.8 Å². The van der Waals surface area contributed by atoms with Crippen molar-refractivity contribution < 1.29 is 9.53 Å². The van der Waals surface area contributed by atoms with Gasteiger partial charge in [0.1, 0.15) is 0 Å². The molecule has 0 spiro atoms. The summed E-state index contributed by atoms with van der Waals surface area (Å²) in [6.45, 7) is 2.32. The molecule has 0 radical (unpaired) electrons. The van der Waals surface area contributed by atoms with E-state index in [4.69, 9.17) is 4.74 Å². The van der Waals surface area contributed by atoms with Crippen molar-refractivity contribution in [3.05, 3.63) is 23.9 Å². The molecule has 1 saturated heterocycles. The van der Waals surface area contributed by atoms with Crippen molar-refractivity contribution in [2.24, 2.45) is 5.92 Å². The summed E-state index contributed by atoms with van der Waals surface area (Å²) in [5.74, 6) is 0.471. The Labute approximate surface area is 109 Å². The first kappa shape index (κ1) is 12.0. The molecule has 2 aromatic rings. The molecule has 0 aliphatic carbocycles. The summed E-state index contributed by atoms with van der Waals surface area (Å²) in [5.41, 5.74) is 1.18. The zero-order valence-electron chi connectivity index (χ0n) is 10.5. The second-order valence-corrected chi connectivity index (χ2v) is 4.67. The number of aromatic nitrogens is 4. The molecule has 1 amide bonds. The molecule has 7 nitrogen and oxygen atoms in total. The van der Waals surface area contributed by atoms with E-state index in [0.717, 1.165) is 26.1 Å². The first-order valence-electron chi connectivity index (χ1n) is 6.36. The van der Waals surface area contributed by atoms with Crippen LogP contribution in [0.25, 0.3) is 5.65 Å². The zero-order valence-corrected chi connectivity index (χ0v) is 10.5. The smallest absolute Gasteiger partial charge is 0.252 e. The quantitative estimate of drug-likeness (QED) is 0.855. The minimum Gasteiger partial charge on any atom is -0.381 e. The van der Waals surface area contributed by atoms with Gasteiger partial charge in [0.15, 0.2) is 5.65 Å². The molecular weight excluding hydrogens is 246 g/mol. The number of rotatable bonds is 4. The fraction of sp³-hybridized carbons (Fsp3) is 0.500. The maximum absolute atomic E-state index is 12.0. The average molecular weight is 261 g/mol. The van der Waals surface area contributed by atoms with Crippen LogP contribution in [-0.4, -0.2) is 45.7 Å². The zero-order chi connectivity index (χ0) is 13.1. The molecule has 0 aromatic carbocycles. The van der Waals surface area contributed by atoms with Gasteiger partial charge in [0, 0.05) is 26.0 Å². The Balaban J connectivity index is 1.56. The highest BCUT2D eigenvalue weighted by molar-refractivity contribution is 5.94. The predicted octanol–water partition coefficient (Wildman–Crippen LogP) is 0.281. The SMILES string of the molecule is O=C(NCC[C@H]1CCOC1)c1ccc2nnnn2c1. The number of carbonyl (C=O) groups is 1. The van der Waals surface area contributed by atoms with Gasteiger partial charge in [0.2, 0.25) is 0 Å². The third-order valence-electron chi connectivity index (χ3n) is 3.32. The van der Waals surface area contributed by atoms with Crippen LogP contribution in [-0.2, 0) is 4.74 Å². The maximum Gasteiger partial charge on any atom is 0.252 e. The number of hydrogen-bond acceptors (Lipinski definition) is 5. The lowest BCUT2D eigenvalue weighted by Crippen LogP contribution is -2.26.